The van der Waals surface area contributed by atoms with Gasteiger partial charge in [-0.25, -0.2) is 4.99 Å². The summed E-state index contributed by atoms with van der Waals surface area (Å²) in [6.07, 6.45) is 6.31. The molecule has 2 rings (SSSR count). The van der Waals surface area contributed by atoms with Crippen molar-refractivity contribution in [2.75, 3.05) is 20.6 Å². The fourth-order valence-corrected chi connectivity index (χ4v) is 2.38. The third-order valence-corrected chi connectivity index (χ3v) is 3.87. The lowest BCUT2D eigenvalue weighted by Crippen LogP contribution is -2.44. The summed E-state index contributed by atoms with van der Waals surface area (Å²) in [7, 11) is 3.48. The topological polar surface area (TPSA) is 56.7 Å². The Morgan fingerprint density at radius 1 is 1.25 bits per heavy atom. The van der Waals surface area contributed by atoms with Crippen LogP contribution in [-0.4, -0.2) is 43.4 Å². The molecule has 1 aromatic rings. The highest BCUT2D eigenvalue weighted by Gasteiger charge is 2.15. The number of carbonyl (C=O) groups excluding carboxylic acids is 1. The van der Waals surface area contributed by atoms with E-state index in [0.29, 0.717) is 12.0 Å². The van der Waals surface area contributed by atoms with E-state index in [1.165, 1.54) is 5.56 Å². The monoisotopic (exact) mass is 442 g/mol. The van der Waals surface area contributed by atoms with Gasteiger partial charge in [0.25, 0.3) is 0 Å². The normalized spacial score (nSPS) is 15.5. The molecule has 1 unspecified atom stereocenters. The van der Waals surface area contributed by atoms with E-state index in [1.54, 1.807) is 19.0 Å². The summed E-state index contributed by atoms with van der Waals surface area (Å²) >= 11 is 0. The number of carbonyl (C=O) groups is 1. The van der Waals surface area contributed by atoms with Crippen LogP contribution in [-0.2, 0) is 4.79 Å². The number of likely N-dealkylation sites (N-methyl/N-ethyl adjacent to an activating group) is 1. The van der Waals surface area contributed by atoms with Gasteiger partial charge in [-0.2, -0.15) is 0 Å². The molecule has 6 heteroatoms. The number of guanidine groups is 1. The molecule has 0 radical (unpaired) electrons. The van der Waals surface area contributed by atoms with Crippen molar-refractivity contribution >= 4 is 35.8 Å². The van der Waals surface area contributed by atoms with E-state index in [0.717, 1.165) is 12.8 Å². The van der Waals surface area contributed by atoms with Crippen LogP contribution in [0.25, 0.3) is 0 Å². The van der Waals surface area contributed by atoms with Crippen molar-refractivity contribution in [2.24, 2.45) is 4.99 Å². The van der Waals surface area contributed by atoms with Gasteiger partial charge in [0, 0.05) is 20.1 Å². The lowest BCUT2D eigenvalue weighted by molar-refractivity contribution is -0.127. The van der Waals surface area contributed by atoms with E-state index in [9.17, 15) is 4.79 Å². The van der Waals surface area contributed by atoms with Crippen molar-refractivity contribution in [1.29, 1.82) is 0 Å². The molecule has 1 aliphatic rings. The van der Waals surface area contributed by atoms with Gasteiger partial charge < -0.3 is 15.5 Å². The second-order valence-corrected chi connectivity index (χ2v) is 6.01. The quantitative estimate of drug-likeness (QED) is 0.319. The second-order valence-electron chi connectivity index (χ2n) is 6.01. The first kappa shape index (κ1) is 20.5. The van der Waals surface area contributed by atoms with Crippen LogP contribution in [0.5, 0.6) is 0 Å². The number of amides is 1. The standard InChI is InChI=1S/C18H26N4O.HI/c1-14(15-9-5-4-6-10-15)20-18(19-13-17(23)22(2)3)21-16-11-7-8-12-16;/h4-10,14,16H,11-13H2,1-3H3,(H2,19,20,21);1H. The highest BCUT2D eigenvalue weighted by Crippen LogP contribution is 2.12. The molecule has 1 atom stereocenters. The SMILES string of the molecule is CC(NC(=NCC(=O)N(C)C)NC1CC=CC1)c1ccccc1.I. The minimum Gasteiger partial charge on any atom is -0.353 e. The lowest BCUT2D eigenvalue weighted by atomic mass is 10.1. The third-order valence-electron chi connectivity index (χ3n) is 3.87. The maximum atomic E-state index is 11.8. The van der Waals surface area contributed by atoms with E-state index >= 15 is 0 Å². The van der Waals surface area contributed by atoms with Crippen LogP contribution in [0, 0.1) is 0 Å². The van der Waals surface area contributed by atoms with Gasteiger partial charge in [0.2, 0.25) is 5.91 Å². The smallest absolute Gasteiger partial charge is 0.243 e. The minimum atomic E-state index is -0.0111. The minimum absolute atomic E-state index is 0. The molecule has 0 saturated heterocycles. The van der Waals surface area contributed by atoms with Crippen LogP contribution in [0.1, 0.15) is 31.4 Å². The van der Waals surface area contributed by atoms with Gasteiger partial charge in [-0.15, -0.1) is 24.0 Å². The summed E-state index contributed by atoms with van der Waals surface area (Å²) in [5.74, 6) is 0.674. The Bertz CT molecular complexity index is 564. The van der Waals surface area contributed by atoms with Crippen LogP contribution in [0.4, 0.5) is 0 Å². The molecule has 0 aromatic heterocycles. The van der Waals surface area contributed by atoms with Crippen LogP contribution in [0.3, 0.4) is 0 Å². The Morgan fingerprint density at radius 3 is 2.46 bits per heavy atom. The van der Waals surface area contributed by atoms with E-state index in [-0.39, 0.29) is 42.5 Å². The predicted molar refractivity (Wildman–Crippen MR) is 110 cm³/mol. The number of rotatable bonds is 5. The number of nitrogens with zero attached hydrogens (tertiary/aromatic N) is 2. The predicted octanol–water partition coefficient (Wildman–Crippen LogP) is 2.71. The average molecular weight is 442 g/mol. The van der Waals surface area contributed by atoms with Crippen LogP contribution >= 0.6 is 24.0 Å². The molecule has 2 N–H and O–H groups in total. The fraction of sp³-hybridized carbons (Fsp3) is 0.444. The summed E-state index contributed by atoms with van der Waals surface area (Å²) in [6.45, 7) is 2.23. The Kier molecular flexibility index (Phi) is 8.81. The zero-order chi connectivity index (χ0) is 16.7. The van der Waals surface area contributed by atoms with E-state index in [1.807, 2.05) is 18.2 Å². The highest BCUT2D eigenvalue weighted by molar-refractivity contribution is 14.0. The zero-order valence-corrected chi connectivity index (χ0v) is 16.9. The maximum Gasteiger partial charge on any atom is 0.243 e. The van der Waals surface area contributed by atoms with Crippen molar-refractivity contribution < 1.29 is 4.79 Å². The summed E-state index contributed by atoms with van der Waals surface area (Å²) in [5, 5.41) is 6.81. The number of benzene rings is 1. The Balaban J connectivity index is 0.00000288. The summed E-state index contributed by atoms with van der Waals surface area (Å²) in [6, 6.07) is 10.7. The molecule has 1 aromatic carbocycles. The molecule has 1 aliphatic carbocycles. The van der Waals surface area contributed by atoms with E-state index < -0.39 is 0 Å². The van der Waals surface area contributed by atoms with Crippen molar-refractivity contribution in [1.82, 2.24) is 15.5 Å². The molecule has 0 spiro atoms. The number of hydrogen-bond donors (Lipinski definition) is 2. The van der Waals surface area contributed by atoms with Gasteiger partial charge in [0.15, 0.2) is 5.96 Å². The van der Waals surface area contributed by atoms with Crippen molar-refractivity contribution in [3.05, 3.63) is 48.0 Å². The summed E-state index contributed by atoms with van der Waals surface area (Å²) < 4.78 is 0. The number of aliphatic imine (C=N–C) groups is 1. The van der Waals surface area contributed by atoms with Crippen molar-refractivity contribution in [2.45, 2.75) is 31.8 Å². The zero-order valence-electron chi connectivity index (χ0n) is 14.5. The first-order valence-corrected chi connectivity index (χ1v) is 8.04. The van der Waals surface area contributed by atoms with Gasteiger partial charge >= 0.3 is 0 Å². The third kappa shape index (κ3) is 6.51. The van der Waals surface area contributed by atoms with E-state index in [4.69, 9.17) is 0 Å². The van der Waals surface area contributed by atoms with E-state index in [2.05, 4.69) is 46.8 Å². The molecule has 0 saturated carbocycles. The number of nitrogens with one attached hydrogen (secondary N) is 2. The molecular formula is C18H27IN4O. The van der Waals surface area contributed by atoms with Gasteiger partial charge in [-0.3, -0.25) is 4.79 Å². The Morgan fingerprint density at radius 2 is 1.88 bits per heavy atom. The highest BCUT2D eigenvalue weighted by atomic mass is 127. The van der Waals surface area contributed by atoms with Gasteiger partial charge in [-0.1, -0.05) is 42.5 Å². The average Bonchev–Trinajstić information content (AvgIpc) is 3.05. The molecule has 0 bridgehead atoms. The van der Waals surface area contributed by atoms with Crippen molar-refractivity contribution in [3.63, 3.8) is 0 Å². The molecule has 5 nitrogen and oxygen atoms in total. The molecule has 0 aliphatic heterocycles. The molecule has 132 valence electrons. The Hall–Kier alpha value is -1.57. The van der Waals surface area contributed by atoms with Gasteiger partial charge in [-0.05, 0) is 25.3 Å². The largest absolute Gasteiger partial charge is 0.353 e. The molecule has 0 heterocycles. The summed E-state index contributed by atoms with van der Waals surface area (Å²) in [4.78, 5) is 17.8. The fourth-order valence-electron chi connectivity index (χ4n) is 2.38. The second kappa shape index (κ2) is 10.3. The first-order valence-electron chi connectivity index (χ1n) is 8.04. The molecule has 1 amide bonds. The van der Waals surface area contributed by atoms with Gasteiger partial charge in [0.1, 0.15) is 6.54 Å². The summed E-state index contributed by atoms with van der Waals surface area (Å²) in [5.41, 5.74) is 1.19. The number of halogens is 1. The maximum absolute atomic E-state index is 11.8. The van der Waals surface area contributed by atoms with Crippen LogP contribution in [0.2, 0.25) is 0 Å². The first-order chi connectivity index (χ1) is 11.1. The number of hydrogen-bond acceptors (Lipinski definition) is 2. The van der Waals surface area contributed by atoms with Crippen molar-refractivity contribution in [3.8, 4) is 0 Å². The molecule has 24 heavy (non-hydrogen) atoms. The Labute approximate surface area is 161 Å². The van der Waals surface area contributed by atoms with Crippen LogP contribution < -0.4 is 10.6 Å². The lowest BCUT2D eigenvalue weighted by Gasteiger charge is -2.22. The van der Waals surface area contributed by atoms with Crippen LogP contribution in [0.15, 0.2) is 47.5 Å². The van der Waals surface area contributed by atoms with Gasteiger partial charge in [0.05, 0.1) is 6.04 Å². The molecule has 0 fully saturated rings. The molecular weight excluding hydrogens is 415 g/mol.